The number of Topliss-reactive ketones (excluding diaryl/α,β-unsaturated/α-hetero) is 1. The average molecular weight is 336 g/mol. The quantitative estimate of drug-likeness (QED) is 0.836. The number of hydrogen-bond acceptors (Lipinski definition) is 3. The Morgan fingerprint density at radius 1 is 1.38 bits per heavy atom. The molecular formula is C18H22F2N2O2. The number of rotatable bonds is 5. The number of fused-ring (bicyclic) bond motifs is 1. The van der Waals surface area contributed by atoms with Gasteiger partial charge in [0.05, 0.1) is 11.0 Å². The zero-order chi connectivity index (χ0) is 17.3. The summed E-state index contributed by atoms with van der Waals surface area (Å²) in [4.78, 5) is 15.5. The van der Waals surface area contributed by atoms with E-state index in [1.807, 2.05) is 6.07 Å². The number of nitrogens with zero attached hydrogens (tertiary/aromatic N) is 2. The molecule has 24 heavy (non-hydrogen) atoms. The zero-order valence-corrected chi connectivity index (χ0v) is 14.0. The minimum absolute atomic E-state index is 0.0389. The second-order valence-corrected chi connectivity index (χ2v) is 6.69. The summed E-state index contributed by atoms with van der Waals surface area (Å²) in [5, 5.41) is 0. The topological polar surface area (TPSA) is 44.1 Å². The standard InChI is InChI=1S/C18H22F2N2O2/c1-12(23)9-14-3-4-16-15(10-14)21-17(18(2,19)20)22(16)11-13-5-7-24-8-6-13/h3-4,10,13H,5-9,11H2,1-2H3. The van der Waals surface area contributed by atoms with Crippen LogP contribution in [-0.4, -0.2) is 28.5 Å². The first-order chi connectivity index (χ1) is 11.3. The molecule has 130 valence electrons. The maximum Gasteiger partial charge on any atom is 0.302 e. The van der Waals surface area contributed by atoms with Crippen LogP contribution in [0.15, 0.2) is 18.2 Å². The fourth-order valence-electron chi connectivity index (χ4n) is 3.28. The Morgan fingerprint density at radius 3 is 2.71 bits per heavy atom. The molecule has 1 aromatic carbocycles. The minimum Gasteiger partial charge on any atom is -0.381 e. The summed E-state index contributed by atoms with van der Waals surface area (Å²) in [7, 11) is 0. The van der Waals surface area contributed by atoms with Gasteiger partial charge >= 0.3 is 5.92 Å². The highest BCUT2D eigenvalue weighted by Gasteiger charge is 2.32. The molecule has 3 rings (SSSR count). The number of ketones is 1. The smallest absolute Gasteiger partial charge is 0.302 e. The maximum absolute atomic E-state index is 14.1. The van der Waals surface area contributed by atoms with Gasteiger partial charge in [0, 0.05) is 33.1 Å². The van der Waals surface area contributed by atoms with Gasteiger partial charge in [-0.15, -0.1) is 0 Å². The number of alkyl halides is 2. The number of ether oxygens (including phenoxy) is 1. The van der Waals surface area contributed by atoms with Crippen LogP contribution in [0.1, 0.15) is 38.1 Å². The van der Waals surface area contributed by atoms with E-state index in [1.54, 1.807) is 16.7 Å². The molecule has 0 unspecified atom stereocenters. The summed E-state index contributed by atoms with van der Waals surface area (Å²) in [6.45, 7) is 4.27. The fraction of sp³-hybridized carbons (Fsp3) is 0.556. The number of carbonyl (C=O) groups excluding carboxylic acids is 1. The molecule has 4 nitrogen and oxygen atoms in total. The van der Waals surface area contributed by atoms with E-state index in [1.165, 1.54) is 6.92 Å². The van der Waals surface area contributed by atoms with Crippen molar-refractivity contribution in [2.24, 2.45) is 5.92 Å². The second kappa shape index (κ2) is 6.59. The zero-order valence-electron chi connectivity index (χ0n) is 14.0. The van der Waals surface area contributed by atoms with Gasteiger partial charge in [0.15, 0.2) is 5.82 Å². The molecule has 1 aromatic heterocycles. The fourth-order valence-corrected chi connectivity index (χ4v) is 3.28. The van der Waals surface area contributed by atoms with Crippen molar-refractivity contribution in [3.05, 3.63) is 29.6 Å². The Morgan fingerprint density at radius 2 is 2.08 bits per heavy atom. The Bertz CT molecular complexity index is 743. The summed E-state index contributed by atoms with van der Waals surface area (Å²) in [6, 6.07) is 5.37. The van der Waals surface area contributed by atoms with Crippen LogP contribution >= 0.6 is 0 Å². The number of halogens is 2. The van der Waals surface area contributed by atoms with Gasteiger partial charge in [-0.2, -0.15) is 8.78 Å². The Kier molecular flexibility index (Phi) is 4.67. The van der Waals surface area contributed by atoms with Gasteiger partial charge in [-0.25, -0.2) is 4.98 Å². The van der Waals surface area contributed by atoms with Crippen molar-refractivity contribution in [2.75, 3.05) is 13.2 Å². The lowest BCUT2D eigenvalue weighted by atomic mass is 10.00. The highest BCUT2D eigenvalue weighted by atomic mass is 19.3. The number of carbonyl (C=O) groups is 1. The Balaban J connectivity index is 2.01. The molecule has 1 aliphatic rings. The lowest BCUT2D eigenvalue weighted by Crippen LogP contribution is -2.24. The van der Waals surface area contributed by atoms with Gasteiger partial charge < -0.3 is 9.30 Å². The predicted molar refractivity (Wildman–Crippen MR) is 87.2 cm³/mol. The van der Waals surface area contributed by atoms with Crippen LogP contribution in [0.25, 0.3) is 11.0 Å². The largest absolute Gasteiger partial charge is 0.381 e. The Hall–Kier alpha value is -1.82. The van der Waals surface area contributed by atoms with E-state index < -0.39 is 5.92 Å². The first-order valence-electron chi connectivity index (χ1n) is 8.29. The van der Waals surface area contributed by atoms with Crippen LogP contribution in [-0.2, 0) is 28.4 Å². The van der Waals surface area contributed by atoms with E-state index in [-0.39, 0.29) is 11.6 Å². The molecule has 2 aromatic rings. The van der Waals surface area contributed by atoms with Crippen LogP contribution in [0.3, 0.4) is 0 Å². The highest BCUT2D eigenvalue weighted by molar-refractivity contribution is 5.82. The van der Waals surface area contributed by atoms with Crippen molar-refractivity contribution in [1.29, 1.82) is 0 Å². The second-order valence-electron chi connectivity index (χ2n) is 6.69. The molecule has 0 amide bonds. The van der Waals surface area contributed by atoms with Crippen LogP contribution < -0.4 is 0 Å². The minimum atomic E-state index is -3.01. The maximum atomic E-state index is 14.1. The van der Waals surface area contributed by atoms with Crippen molar-refractivity contribution in [1.82, 2.24) is 9.55 Å². The average Bonchev–Trinajstić information content (AvgIpc) is 2.86. The van der Waals surface area contributed by atoms with Crippen LogP contribution in [0.5, 0.6) is 0 Å². The van der Waals surface area contributed by atoms with Crippen LogP contribution in [0.2, 0.25) is 0 Å². The molecule has 0 bridgehead atoms. The lowest BCUT2D eigenvalue weighted by molar-refractivity contribution is -0.116. The van der Waals surface area contributed by atoms with E-state index >= 15 is 0 Å². The van der Waals surface area contributed by atoms with Gasteiger partial charge in [-0.1, -0.05) is 6.07 Å². The normalized spacial score (nSPS) is 16.7. The summed E-state index contributed by atoms with van der Waals surface area (Å²) in [5.74, 6) is -2.86. The van der Waals surface area contributed by atoms with Crippen molar-refractivity contribution < 1.29 is 18.3 Å². The van der Waals surface area contributed by atoms with Crippen LogP contribution in [0.4, 0.5) is 8.78 Å². The first-order valence-corrected chi connectivity index (χ1v) is 8.29. The van der Waals surface area contributed by atoms with Crippen molar-refractivity contribution in [2.45, 2.75) is 45.6 Å². The summed E-state index contributed by atoms with van der Waals surface area (Å²) in [5.41, 5.74) is 2.03. The molecule has 0 spiro atoms. The third kappa shape index (κ3) is 3.64. The SMILES string of the molecule is CC(=O)Cc1ccc2c(c1)nc(C(C)(F)F)n2CC1CCOCC1. The van der Waals surface area contributed by atoms with E-state index in [2.05, 4.69) is 4.98 Å². The van der Waals surface area contributed by atoms with Crippen LogP contribution in [0, 0.1) is 5.92 Å². The summed E-state index contributed by atoms with van der Waals surface area (Å²) in [6.07, 6.45) is 2.04. The number of imidazole rings is 1. The molecule has 0 radical (unpaired) electrons. The Labute approximate surface area is 139 Å². The third-order valence-electron chi connectivity index (χ3n) is 4.44. The van der Waals surface area contributed by atoms with Gasteiger partial charge in [-0.3, -0.25) is 4.79 Å². The molecule has 0 saturated carbocycles. The predicted octanol–water partition coefficient (Wildman–Crippen LogP) is 3.71. The van der Waals surface area contributed by atoms with E-state index in [0.29, 0.717) is 43.1 Å². The first kappa shape index (κ1) is 17.0. The molecule has 6 heteroatoms. The molecular weight excluding hydrogens is 314 g/mol. The van der Waals surface area contributed by atoms with Gasteiger partial charge in [0.25, 0.3) is 0 Å². The number of aromatic nitrogens is 2. The van der Waals surface area contributed by atoms with Gasteiger partial charge in [0.2, 0.25) is 0 Å². The van der Waals surface area contributed by atoms with Crippen molar-refractivity contribution in [3.63, 3.8) is 0 Å². The van der Waals surface area contributed by atoms with Crippen molar-refractivity contribution in [3.8, 4) is 0 Å². The summed E-state index contributed by atoms with van der Waals surface area (Å²) < 4.78 is 35.1. The number of hydrogen-bond donors (Lipinski definition) is 0. The molecule has 1 saturated heterocycles. The monoisotopic (exact) mass is 336 g/mol. The van der Waals surface area contributed by atoms with E-state index in [4.69, 9.17) is 4.74 Å². The lowest BCUT2D eigenvalue weighted by Gasteiger charge is -2.24. The number of benzene rings is 1. The van der Waals surface area contributed by atoms with Crippen molar-refractivity contribution >= 4 is 16.8 Å². The molecule has 2 heterocycles. The molecule has 0 aliphatic carbocycles. The van der Waals surface area contributed by atoms with Gasteiger partial charge in [0.1, 0.15) is 5.78 Å². The molecule has 1 aliphatic heterocycles. The van der Waals surface area contributed by atoms with E-state index in [0.717, 1.165) is 25.3 Å². The molecule has 0 N–H and O–H groups in total. The highest BCUT2D eigenvalue weighted by Crippen LogP contribution is 2.32. The van der Waals surface area contributed by atoms with E-state index in [9.17, 15) is 13.6 Å². The molecule has 0 atom stereocenters. The van der Waals surface area contributed by atoms with Gasteiger partial charge in [-0.05, 0) is 43.4 Å². The third-order valence-corrected chi connectivity index (χ3v) is 4.44. The molecule has 1 fully saturated rings. The summed E-state index contributed by atoms with van der Waals surface area (Å²) >= 11 is 0.